The van der Waals surface area contributed by atoms with Crippen molar-refractivity contribution in [3.8, 4) is 16.4 Å². The first-order chi connectivity index (χ1) is 16.7. The second kappa shape index (κ2) is 8.58. The molecule has 1 aliphatic heterocycles. The van der Waals surface area contributed by atoms with E-state index in [0.717, 1.165) is 12.1 Å². The Balaban J connectivity index is 1.56. The number of nitrogens with zero attached hydrogens (tertiary/aromatic N) is 1. The molecule has 0 radical (unpaired) electrons. The Labute approximate surface area is 199 Å². The number of para-hydroxylation sites is 2. The molecule has 0 spiro atoms. The van der Waals surface area contributed by atoms with Gasteiger partial charge in [-0.1, -0.05) is 24.3 Å². The van der Waals surface area contributed by atoms with E-state index in [4.69, 9.17) is 4.42 Å². The number of H-pyrrole nitrogens is 1. The number of aromatic nitrogens is 1. The summed E-state index contributed by atoms with van der Waals surface area (Å²) in [6.45, 7) is 0. The third-order valence-electron chi connectivity index (χ3n) is 5.47. The summed E-state index contributed by atoms with van der Waals surface area (Å²) < 4.78 is 45.3. The van der Waals surface area contributed by atoms with Crippen molar-refractivity contribution in [2.45, 2.75) is 18.6 Å². The molecule has 0 unspecified atom stereocenters. The Morgan fingerprint density at radius 1 is 1.06 bits per heavy atom. The minimum absolute atomic E-state index is 0.0891. The van der Waals surface area contributed by atoms with Crippen molar-refractivity contribution in [3.05, 3.63) is 97.6 Å². The molecule has 7 nitrogen and oxygen atoms in total. The number of fused-ring (bicyclic) bond motifs is 1. The Bertz CT molecular complexity index is 1570. The van der Waals surface area contributed by atoms with Gasteiger partial charge in [0.15, 0.2) is 5.06 Å². The van der Waals surface area contributed by atoms with Crippen molar-refractivity contribution in [3.63, 3.8) is 0 Å². The number of nitrogens with one attached hydrogen (secondary N) is 2. The highest BCUT2D eigenvalue weighted by atomic mass is 32.1. The normalized spacial score (nSPS) is 15.6. The van der Waals surface area contributed by atoms with E-state index >= 15 is 0 Å². The van der Waals surface area contributed by atoms with E-state index in [0.29, 0.717) is 28.5 Å². The summed E-state index contributed by atoms with van der Waals surface area (Å²) in [4.78, 5) is 30.1. The van der Waals surface area contributed by atoms with Gasteiger partial charge in [0.05, 0.1) is 28.7 Å². The van der Waals surface area contributed by atoms with Gasteiger partial charge >= 0.3 is 11.0 Å². The minimum atomic E-state index is -4.49. The van der Waals surface area contributed by atoms with Crippen LogP contribution in [0.5, 0.6) is 5.06 Å². The molecule has 1 atom stereocenters. The lowest BCUT2D eigenvalue weighted by Gasteiger charge is -2.16. The van der Waals surface area contributed by atoms with E-state index < -0.39 is 33.3 Å². The SMILES string of the molecule is O=c1[nH]c(=O)c(C2=Nc3ccccc3N[C@@H](c3ccc(-c4cccc(C(F)(F)F)c4)o3)C2)c(O)s1. The number of anilines is 1. The smallest absolute Gasteiger partial charge is 0.416 e. The molecule has 2 aromatic carbocycles. The number of benzene rings is 2. The number of aromatic hydroxyl groups is 1. The molecule has 35 heavy (non-hydrogen) atoms. The van der Waals surface area contributed by atoms with Crippen LogP contribution in [0.2, 0.25) is 0 Å². The lowest BCUT2D eigenvalue weighted by atomic mass is 10.0. The molecule has 2 aromatic heterocycles. The number of hydrogen-bond donors (Lipinski definition) is 3. The first kappa shape index (κ1) is 22.7. The van der Waals surface area contributed by atoms with Crippen LogP contribution < -0.4 is 15.7 Å². The predicted octanol–water partition coefficient (Wildman–Crippen LogP) is 5.46. The highest BCUT2D eigenvalue weighted by Crippen LogP contribution is 2.38. The van der Waals surface area contributed by atoms with E-state index in [1.54, 1.807) is 36.4 Å². The zero-order chi connectivity index (χ0) is 24.7. The van der Waals surface area contributed by atoms with Crippen molar-refractivity contribution in [2.75, 3.05) is 5.32 Å². The van der Waals surface area contributed by atoms with E-state index in [9.17, 15) is 27.9 Å². The van der Waals surface area contributed by atoms with Gasteiger partial charge in [-0.3, -0.25) is 19.6 Å². The molecule has 1 aliphatic rings. The monoisotopic (exact) mass is 499 g/mol. The molecule has 3 N–H and O–H groups in total. The van der Waals surface area contributed by atoms with Gasteiger partial charge in [0.2, 0.25) is 0 Å². The summed E-state index contributed by atoms with van der Waals surface area (Å²) in [5.41, 5.74) is -0.0683. The van der Waals surface area contributed by atoms with Crippen LogP contribution >= 0.6 is 11.3 Å². The summed E-state index contributed by atoms with van der Waals surface area (Å²) in [7, 11) is 0. The van der Waals surface area contributed by atoms with Crippen LogP contribution in [-0.4, -0.2) is 15.8 Å². The Morgan fingerprint density at radius 3 is 2.63 bits per heavy atom. The topological polar surface area (TPSA) is 108 Å². The third-order valence-corrected chi connectivity index (χ3v) is 6.15. The van der Waals surface area contributed by atoms with Gasteiger partial charge in [-0.2, -0.15) is 13.2 Å². The van der Waals surface area contributed by atoms with Gasteiger partial charge in [-0.15, -0.1) is 0 Å². The van der Waals surface area contributed by atoms with Crippen molar-refractivity contribution >= 4 is 28.4 Å². The predicted molar refractivity (Wildman–Crippen MR) is 126 cm³/mol. The van der Waals surface area contributed by atoms with Gasteiger partial charge in [0.1, 0.15) is 17.1 Å². The summed E-state index contributed by atoms with van der Waals surface area (Å²) >= 11 is 0.484. The summed E-state index contributed by atoms with van der Waals surface area (Å²) in [6, 6.07) is 14.5. The Hall–Kier alpha value is -4.12. The average molecular weight is 499 g/mol. The first-order valence-electron chi connectivity index (χ1n) is 10.4. The van der Waals surface area contributed by atoms with Gasteiger partial charge < -0.3 is 14.8 Å². The largest absolute Gasteiger partial charge is 0.499 e. The van der Waals surface area contributed by atoms with E-state index in [1.807, 2.05) is 0 Å². The van der Waals surface area contributed by atoms with Crippen LogP contribution in [0.15, 0.2) is 79.7 Å². The van der Waals surface area contributed by atoms with Gasteiger partial charge in [0.25, 0.3) is 5.56 Å². The zero-order valence-electron chi connectivity index (χ0n) is 17.7. The highest BCUT2D eigenvalue weighted by molar-refractivity contribution is 7.11. The van der Waals surface area contributed by atoms with Crippen molar-refractivity contribution in [1.82, 2.24) is 4.98 Å². The lowest BCUT2D eigenvalue weighted by Crippen LogP contribution is -2.25. The molecule has 0 saturated heterocycles. The number of halogens is 3. The van der Waals surface area contributed by atoms with Crippen molar-refractivity contribution in [2.24, 2.45) is 4.99 Å². The molecule has 4 aromatic rings. The average Bonchev–Trinajstić information content (AvgIpc) is 3.21. The number of furan rings is 1. The molecule has 0 fully saturated rings. The maximum atomic E-state index is 13.1. The van der Waals surface area contributed by atoms with Crippen molar-refractivity contribution < 1.29 is 22.7 Å². The van der Waals surface area contributed by atoms with Crippen LogP contribution in [0, 0.1) is 0 Å². The maximum absolute atomic E-state index is 13.1. The fraction of sp³-hybridized carbons (Fsp3) is 0.125. The molecule has 3 heterocycles. The van der Waals surface area contributed by atoms with Crippen LogP contribution in [0.25, 0.3) is 11.3 Å². The van der Waals surface area contributed by atoms with E-state index in [-0.39, 0.29) is 29.0 Å². The minimum Gasteiger partial charge on any atom is -0.499 e. The standard InChI is InChI=1S/C24H16F3N3O4S/c25-24(26,27)13-5-3-4-12(10-13)18-8-9-19(34-18)16-11-17(20-21(31)30-23(33)35-22(20)32)29-15-7-2-1-6-14(15)28-16/h1-10,16,28,32H,11H2,(H,30,31,33)/t16-/m1/s1. The number of aliphatic imine (C=N–C) groups is 1. The highest BCUT2D eigenvalue weighted by Gasteiger charge is 2.31. The lowest BCUT2D eigenvalue weighted by molar-refractivity contribution is -0.137. The van der Waals surface area contributed by atoms with E-state index in [1.165, 1.54) is 12.1 Å². The van der Waals surface area contributed by atoms with Crippen LogP contribution in [-0.2, 0) is 6.18 Å². The Morgan fingerprint density at radius 2 is 1.86 bits per heavy atom. The molecule has 5 rings (SSSR count). The Kier molecular flexibility index (Phi) is 5.56. The first-order valence-corrected chi connectivity index (χ1v) is 11.2. The van der Waals surface area contributed by atoms with Crippen LogP contribution in [0.1, 0.15) is 29.3 Å². The van der Waals surface area contributed by atoms with E-state index in [2.05, 4.69) is 15.3 Å². The fourth-order valence-corrected chi connectivity index (χ4v) is 4.49. The van der Waals surface area contributed by atoms with Crippen molar-refractivity contribution in [1.29, 1.82) is 0 Å². The number of hydrogen-bond acceptors (Lipinski definition) is 7. The second-order valence-electron chi connectivity index (χ2n) is 7.78. The molecule has 11 heteroatoms. The number of rotatable bonds is 3. The quantitative estimate of drug-likeness (QED) is 0.347. The molecule has 0 saturated carbocycles. The molecule has 0 bridgehead atoms. The molecular formula is C24H16F3N3O4S. The fourth-order valence-electron chi connectivity index (χ4n) is 3.86. The molecular weight excluding hydrogens is 483 g/mol. The third kappa shape index (κ3) is 4.50. The van der Waals surface area contributed by atoms with Gasteiger partial charge in [-0.25, -0.2) is 0 Å². The number of aromatic amines is 1. The van der Waals surface area contributed by atoms with Gasteiger partial charge in [0, 0.05) is 12.0 Å². The summed E-state index contributed by atoms with van der Waals surface area (Å²) in [5, 5.41) is 13.2. The number of alkyl halides is 3. The molecule has 0 aliphatic carbocycles. The summed E-state index contributed by atoms with van der Waals surface area (Å²) in [6.07, 6.45) is -4.40. The maximum Gasteiger partial charge on any atom is 0.416 e. The van der Waals surface area contributed by atoms with Crippen LogP contribution in [0.3, 0.4) is 0 Å². The van der Waals surface area contributed by atoms with Gasteiger partial charge in [-0.05, 0) is 47.7 Å². The second-order valence-corrected chi connectivity index (χ2v) is 8.74. The molecule has 178 valence electrons. The molecule has 0 amide bonds. The van der Waals surface area contributed by atoms with Crippen LogP contribution in [0.4, 0.5) is 24.5 Å². The summed E-state index contributed by atoms with van der Waals surface area (Å²) in [5.74, 6) is 0.629. The zero-order valence-corrected chi connectivity index (χ0v) is 18.5.